The number of hydrogen-bond acceptors (Lipinski definition) is 3. The lowest BCUT2D eigenvalue weighted by atomic mass is 9.79. The standard InChI is InChI=1S/C21H26O3/c1-20(2,3)14-9-13(10-15(11-14)21(4,5)6)19(24)17-8-7-16(22)12-18(17)23/h7-12,22-23H,1-6H3. The Morgan fingerprint density at radius 2 is 1.29 bits per heavy atom. The zero-order chi connectivity index (χ0) is 18.3. The second-order valence-corrected chi connectivity index (χ2v) is 8.33. The molecular formula is C21H26O3. The van der Waals surface area contributed by atoms with Crippen molar-refractivity contribution in [2.75, 3.05) is 0 Å². The molecule has 0 saturated heterocycles. The molecule has 3 heteroatoms. The van der Waals surface area contributed by atoms with Gasteiger partial charge in [0.15, 0.2) is 5.78 Å². The number of hydrogen-bond donors (Lipinski definition) is 2. The van der Waals surface area contributed by atoms with Gasteiger partial charge in [-0.15, -0.1) is 0 Å². The summed E-state index contributed by atoms with van der Waals surface area (Å²) in [6, 6.07) is 9.98. The minimum Gasteiger partial charge on any atom is -0.508 e. The first-order valence-electron chi connectivity index (χ1n) is 8.12. The minimum absolute atomic E-state index is 0.0668. The number of phenolic OH excluding ortho intramolecular Hbond substituents is 2. The fraction of sp³-hybridized carbons (Fsp3) is 0.381. The fourth-order valence-electron chi connectivity index (χ4n) is 2.49. The summed E-state index contributed by atoms with van der Waals surface area (Å²) in [5.74, 6) is -0.523. The number of benzene rings is 2. The van der Waals surface area contributed by atoms with Gasteiger partial charge in [-0.05, 0) is 46.2 Å². The van der Waals surface area contributed by atoms with Crippen molar-refractivity contribution in [3.05, 3.63) is 58.7 Å². The monoisotopic (exact) mass is 326 g/mol. The number of carbonyl (C=O) groups excluding carboxylic acids is 1. The van der Waals surface area contributed by atoms with Crippen molar-refractivity contribution in [3.63, 3.8) is 0 Å². The highest BCUT2D eigenvalue weighted by Gasteiger charge is 2.23. The maximum atomic E-state index is 12.9. The van der Waals surface area contributed by atoms with Crippen LogP contribution in [0.25, 0.3) is 0 Å². The molecule has 0 atom stereocenters. The summed E-state index contributed by atoms with van der Waals surface area (Å²) in [6.45, 7) is 12.7. The first kappa shape index (κ1) is 18.1. The summed E-state index contributed by atoms with van der Waals surface area (Å²) >= 11 is 0. The molecule has 0 amide bonds. The molecule has 2 N–H and O–H groups in total. The Morgan fingerprint density at radius 3 is 1.71 bits per heavy atom. The normalized spacial score (nSPS) is 12.2. The van der Waals surface area contributed by atoms with E-state index in [4.69, 9.17) is 0 Å². The van der Waals surface area contributed by atoms with Gasteiger partial charge in [0.1, 0.15) is 11.5 Å². The number of carbonyl (C=O) groups is 1. The molecule has 2 aromatic rings. The number of aromatic hydroxyl groups is 2. The van der Waals surface area contributed by atoms with E-state index in [-0.39, 0.29) is 33.7 Å². The number of ketones is 1. The molecule has 0 aromatic heterocycles. The SMILES string of the molecule is CC(C)(C)c1cc(C(=O)c2ccc(O)cc2O)cc(C(C)(C)C)c1. The molecule has 2 rings (SSSR count). The van der Waals surface area contributed by atoms with E-state index in [1.807, 2.05) is 12.1 Å². The van der Waals surface area contributed by atoms with Gasteiger partial charge in [-0.3, -0.25) is 4.79 Å². The third kappa shape index (κ3) is 3.78. The van der Waals surface area contributed by atoms with E-state index in [2.05, 4.69) is 47.6 Å². The minimum atomic E-state index is -0.246. The quantitative estimate of drug-likeness (QED) is 0.770. The summed E-state index contributed by atoms with van der Waals surface area (Å²) in [7, 11) is 0. The van der Waals surface area contributed by atoms with Gasteiger partial charge in [0, 0.05) is 11.6 Å². The highest BCUT2D eigenvalue weighted by molar-refractivity contribution is 6.11. The second-order valence-electron chi connectivity index (χ2n) is 8.33. The van der Waals surface area contributed by atoms with Crippen molar-refractivity contribution in [3.8, 4) is 11.5 Å². The fourth-order valence-corrected chi connectivity index (χ4v) is 2.49. The van der Waals surface area contributed by atoms with Crippen LogP contribution in [-0.2, 0) is 10.8 Å². The first-order valence-corrected chi connectivity index (χ1v) is 8.12. The average molecular weight is 326 g/mol. The average Bonchev–Trinajstić information content (AvgIpc) is 2.44. The predicted molar refractivity (Wildman–Crippen MR) is 97.0 cm³/mol. The van der Waals surface area contributed by atoms with Crippen LogP contribution in [0.2, 0.25) is 0 Å². The van der Waals surface area contributed by atoms with Crippen LogP contribution in [0.5, 0.6) is 11.5 Å². The van der Waals surface area contributed by atoms with Crippen molar-refractivity contribution >= 4 is 5.78 Å². The van der Waals surface area contributed by atoms with Gasteiger partial charge < -0.3 is 10.2 Å². The molecule has 0 bridgehead atoms. The van der Waals surface area contributed by atoms with Crippen LogP contribution in [0.4, 0.5) is 0 Å². The van der Waals surface area contributed by atoms with Gasteiger partial charge in [-0.1, -0.05) is 47.6 Å². The molecule has 0 heterocycles. The summed E-state index contributed by atoms with van der Waals surface area (Å²) in [5, 5.41) is 19.4. The lowest BCUT2D eigenvalue weighted by Crippen LogP contribution is -2.18. The number of rotatable bonds is 2. The third-order valence-electron chi connectivity index (χ3n) is 4.15. The molecule has 24 heavy (non-hydrogen) atoms. The molecule has 128 valence electrons. The van der Waals surface area contributed by atoms with Crippen molar-refractivity contribution in [2.45, 2.75) is 52.4 Å². The van der Waals surface area contributed by atoms with Crippen LogP contribution in [-0.4, -0.2) is 16.0 Å². The topological polar surface area (TPSA) is 57.5 Å². The van der Waals surface area contributed by atoms with Crippen molar-refractivity contribution in [2.24, 2.45) is 0 Å². The summed E-state index contributed by atoms with van der Waals surface area (Å²) in [5.41, 5.74) is 2.72. The molecular weight excluding hydrogens is 300 g/mol. The summed E-state index contributed by atoms with van der Waals surface area (Å²) in [6.07, 6.45) is 0. The molecule has 0 fully saturated rings. The van der Waals surface area contributed by atoms with Gasteiger partial charge in [-0.25, -0.2) is 0 Å². The van der Waals surface area contributed by atoms with Gasteiger partial charge in [0.2, 0.25) is 0 Å². The van der Waals surface area contributed by atoms with Crippen molar-refractivity contribution < 1.29 is 15.0 Å². The predicted octanol–water partition coefficient (Wildman–Crippen LogP) is 4.92. The van der Waals surface area contributed by atoms with Gasteiger partial charge >= 0.3 is 0 Å². The van der Waals surface area contributed by atoms with Crippen LogP contribution >= 0.6 is 0 Å². The Labute approximate surface area is 144 Å². The van der Waals surface area contributed by atoms with E-state index < -0.39 is 0 Å². The van der Waals surface area contributed by atoms with Crippen molar-refractivity contribution in [1.82, 2.24) is 0 Å². The van der Waals surface area contributed by atoms with Crippen LogP contribution in [0.1, 0.15) is 68.6 Å². The summed E-state index contributed by atoms with van der Waals surface area (Å²) in [4.78, 5) is 12.9. The maximum absolute atomic E-state index is 12.9. The van der Waals surface area contributed by atoms with E-state index in [0.717, 1.165) is 11.1 Å². The first-order chi connectivity index (χ1) is 10.9. The lowest BCUT2D eigenvalue weighted by Gasteiger charge is -2.26. The molecule has 0 unspecified atom stereocenters. The molecule has 0 saturated carbocycles. The lowest BCUT2D eigenvalue weighted by molar-refractivity contribution is 0.103. The zero-order valence-corrected chi connectivity index (χ0v) is 15.3. The van der Waals surface area contributed by atoms with E-state index in [0.29, 0.717) is 5.56 Å². The summed E-state index contributed by atoms with van der Waals surface area (Å²) < 4.78 is 0. The van der Waals surface area contributed by atoms with Crippen LogP contribution in [0.15, 0.2) is 36.4 Å². The molecule has 0 spiro atoms. The molecule has 2 aromatic carbocycles. The second kappa shape index (κ2) is 5.97. The zero-order valence-electron chi connectivity index (χ0n) is 15.3. The third-order valence-corrected chi connectivity index (χ3v) is 4.15. The van der Waals surface area contributed by atoms with Gasteiger partial charge in [0.05, 0.1) is 5.56 Å². The van der Waals surface area contributed by atoms with Gasteiger partial charge in [0.25, 0.3) is 0 Å². The van der Waals surface area contributed by atoms with E-state index in [1.165, 1.54) is 18.2 Å². The maximum Gasteiger partial charge on any atom is 0.196 e. The van der Waals surface area contributed by atoms with Crippen LogP contribution in [0, 0.1) is 0 Å². The van der Waals surface area contributed by atoms with Crippen LogP contribution in [0.3, 0.4) is 0 Å². The highest BCUT2D eigenvalue weighted by Crippen LogP contribution is 2.32. The van der Waals surface area contributed by atoms with E-state index in [9.17, 15) is 15.0 Å². The Morgan fingerprint density at radius 1 is 0.792 bits per heavy atom. The molecule has 0 aliphatic carbocycles. The van der Waals surface area contributed by atoms with Crippen LogP contribution < -0.4 is 0 Å². The largest absolute Gasteiger partial charge is 0.508 e. The van der Waals surface area contributed by atoms with Crippen molar-refractivity contribution in [1.29, 1.82) is 0 Å². The molecule has 0 aliphatic rings. The Kier molecular flexibility index (Phi) is 4.49. The van der Waals surface area contributed by atoms with E-state index in [1.54, 1.807) is 0 Å². The van der Waals surface area contributed by atoms with E-state index >= 15 is 0 Å². The van der Waals surface area contributed by atoms with Gasteiger partial charge in [-0.2, -0.15) is 0 Å². The Hall–Kier alpha value is -2.29. The Balaban J connectivity index is 2.62. The molecule has 3 nitrogen and oxygen atoms in total. The molecule has 0 aliphatic heterocycles. The number of phenols is 2. The highest BCUT2D eigenvalue weighted by atomic mass is 16.3. The Bertz CT molecular complexity index is 742. The molecule has 0 radical (unpaired) electrons. The smallest absolute Gasteiger partial charge is 0.196 e.